The summed E-state index contributed by atoms with van der Waals surface area (Å²) in [5.41, 5.74) is 5.33. The van der Waals surface area contributed by atoms with E-state index in [0.717, 1.165) is 70.6 Å². The van der Waals surface area contributed by atoms with Crippen LogP contribution >= 0.6 is 7.82 Å². The molecule has 12 heteroatoms. The Morgan fingerprint density at radius 2 is 1.00 bits per heavy atom. The molecule has 4 N–H and O–H groups in total. The third-order valence-corrected chi connectivity index (χ3v) is 9.59. The zero-order valence-electron chi connectivity index (χ0n) is 35.6. The molecule has 11 nitrogen and oxygen atoms in total. The minimum Gasteiger partial charge on any atom is -0.480 e. The van der Waals surface area contributed by atoms with Gasteiger partial charge in [0.25, 0.3) is 0 Å². The molecule has 0 spiro atoms. The maximum atomic E-state index is 12.6. The summed E-state index contributed by atoms with van der Waals surface area (Å²) in [5, 5.41) is 8.89. The molecule has 330 valence electrons. The van der Waals surface area contributed by atoms with Crippen LogP contribution in [0.2, 0.25) is 0 Å². The first-order valence-corrected chi connectivity index (χ1v) is 23.1. The number of allylic oxidation sites excluding steroid dienone is 14. The number of carbonyl (C=O) groups excluding carboxylic acids is 2. The van der Waals surface area contributed by atoms with E-state index in [9.17, 15) is 23.8 Å². The smallest absolute Gasteiger partial charge is 0.472 e. The molecule has 0 aromatic heterocycles. The van der Waals surface area contributed by atoms with Crippen LogP contribution in [0.3, 0.4) is 0 Å². The molecule has 0 bridgehead atoms. The van der Waals surface area contributed by atoms with Crippen molar-refractivity contribution < 1.29 is 47.5 Å². The second-order valence-corrected chi connectivity index (χ2v) is 15.5. The van der Waals surface area contributed by atoms with Crippen LogP contribution in [0, 0.1) is 0 Å². The van der Waals surface area contributed by atoms with Gasteiger partial charge in [-0.25, -0.2) is 4.57 Å². The van der Waals surface area contributed by atoms with E-state index in [-0.39, 0.29) is 12.8 Å². The number of unbranched alkanes of at least 4 members (excludes halogenated alkanes) is 11. The molecule has 0 heterocycles. The van der Waals surface area contributed by atoms with E-state index < -0.39 is 57.7 Å². The van der Waals surface area contributed by atoms with Gasteiger partial charge in [0.1, 0.15) is 12.6 Å². The van der Waals surface area contributed by atoms with Crippen molar-refractivity contribution in [3.63, 3.8) is 0 Å². The van der Waals surface area contributed by atoms with Gasteiger partial charge in [-0.05, 0) is 77.0 Å². The molecule has 0 aliphatic heterocycles. The molecule has 0 radical (unpaired) electrons. The van der Waals surface area contributed by atoms with Gasteiger partial charge < -0.3 is 25.2 Å². The summed E-state index contributed by atoms with van der Waals surface area (Å²) in [6.45, 7) is 2.58. The van der Waals surface area contributed by atoms with Crippen LogP contribution in [-0.4, -0.2) is 59.9 Å². The van der Waals surface area contributed by atoms with E-state index >= 15 is 0 Å². The fraction of sp³-hybridized carbons (Fsp3) is 0.630. The third-order valence-electron chi connectivity index (χ3n) is 8.64. The molecule has 0 amide bonds. The van der Waals surface area contributed by atoms with E-state index in [0.29, 0.717) is 12.8 Å². The summed E-state index contributed by atoms with van der Waals surface area (Å²) in [6.07, 6.45) is 49.4. The number of aliphatic carboxylic acids is 1. The van der Waals surface area contributed by atoms with Crippen LogP contribution in [0.4, 0.5) is 0 Å². The second-order valence-electron chi connectivity index (χ2n) is 14.1. The van der Waals surface area contributed by atoms with Gasteiger partial charge in [-0.15, -0.1) is 0 Å². The summed E-state index contributed by atoms with van der Waals surface area (Å²) in [5.74, 6) is -2.50. The number of carbonyl (C=O) groups is 3. The number of phosphoric ester groups is 1. The SMILES string of the molecule is CC/C=C/C/C=C/C/C=C/C/C=C/C/C=C/C/C=C/CCC(=O)OC[C@H](COP(=O)(O)OC[C@H](N)C(=O)O)OC(=O)CCCCCCCCC/C=C/CCCCCC. The minimum absolute atomic E-state index is 0.0915. The Morgan fingerprint density at radius 3 is 1.52 bits per heavy atom. The monoisotopic (exact) mass is 834 g/mol. The number of nitrogens with two attached hydrogens (primary N) is 1. The molecule has 3 atom stereocenters. The lowest BCUT2D eigenvalue weighted by molar-refractivity contribution is -0.161. The number of esters is 2. The van der Waals surface area contributed by atoms with Gasteiger partial charge in [0.2, 0.25) is 0 Å². The number of hydrogen-bond acceptors (Lipinski definition) is 9. The molecule has 0 aromatic rings. The van der Waals surface area contributed by atoms with Crippen molar-refractivity contribution in [3.8, 4) is 0 Å². The van der Waals surface area contributed by atoms with Crippen LogP contribution < -0.4 is 5.73 Å². The first-order chi connectivity index (χ1) is 28.1. The average Bonchev–Trinajstić information content (AvgIpc) is 3.20. The van der Waals surface area contributed by atoms with Crippen molar-refractivity contribution >= 4 is 25.7 Å². The molecule has 0 aliphatic carbocycles. The molecule has 0 aliphatic rings. The lowest BCUT2D eigenvalue weighted by atomic mass is 10.1. The number of ether oxygens (including phenoxy) is 2. The second kappa shape index (κ2) is 40.4. The minimum atomic E-state index is -4.74. The predicted molar refractivity (Wildman–Crippen MR) is 235 cm³/mol. The highest BCUT2D eigenvalue weighted by atomic mass is 31.2. The normalized spacial score (nSPS) is 14.6. The third kappa shape index (κ3) is 39.5. The van der Waals surface area contributed by atoms with Crippen molar-refractivity contribution in [2.45, 2.75) is 167 Å². The van der Waals surface area contributed by atoms with Crippen LogP contribution in [0.15, 0.2) is 85.1 Å². The number of hydrogen-bond donors (Lipinski definition) is 3. The quantitative estimate of drug-likeness (QED) is 0.0233. The van der Waals surface area contributed by atoms with Gasteiger partial charge in [-0.3, -0.25) is 23.4 Å². The first-order valence-electron chi connectivity index (χ1n) is 21.6. The zero-order valence-corrected chi connectivity index (χ0v) is 36.5. The fourth-order valence-electron chi connectivity index (χ4n) is 5.26. The van der Waals surface area contributed by atoms with Crippen molar-refractivity contribution in [2.75, 3.05) is 19.8 Å². The highest BCUT2D eigenvalue weighted by Gasteiger charge is 2.28. The molecular weight excluding hydrogens is 757 g/mol. The van der Waals surface area contributed by atoms with Crippen LogP contribution in [-0.2, 0) is 37.5 Å². The molecular formula is C46H76NO10P. The van der Waals surface area contributed by atoms with Crippen molar-refractivity contribution in [1.82, 2.24) is 0 Å². The fourth-order valence-corrected chi connectivity index (χ4v) is 6.04. The lowest BCUT2D eigenvalue weighted by Crippen LogP contribution is -2.34. The highest BCUT2D eigenvalue weighted by molar-refractivity contribution is 7.47. The molecule has 0 aromatic carbocycles. The Morgan fingerprint density at radius 1 is 0.552 bits per heavy atom. The lowest BCUT2D eigenvalue weighted by Gasteiger charge is -2.20. The van der Waals surface area contributed by atoms with E-state index in [1.165, 1.54) is 44.9 Å². The number of carboxylic acids is 1. The standard InChI is InChI=1S/C46H76NO10P/c1-3-5-7-9-11-13-15-17-19-20-21-22-24-25-27-29-31-33-35-37-44(48)54-39-42(40-55-58(52,53)56-41-43(47)46(50)51)57-45(49)38-36-34-32-30-28-26-23-18-16-14-12-10-8-6-4-2/h5,7,11,13-14,16-17,19,21-22,25,27,31,33,42-43H,3-4,6,8-10,12,15,18,20,23-24,26,28-30,32,34-41,47H2,1-2H3,(H,50,51)(H,52,53)/b7-5+,13-11+,16-14+,19-17+,22-21+,27-25+,33-31+/t42-,43+/m1/s1. The van der Waals surface area contributed by atoms with Crippen LogP contribution in [0.5, 0.6) is 0 Å². The van der Waals surface area contributed by atoms with E-state index in [1.807, 2.05) is 12.2 Å². The summed E-state index contributed by atoms with van der Waals surface area (Å²) in [4.78, 5) is 45.9. The van der Waals surface area contributed by atoms with E-state index in [1.54, 1.807) is 0 Å². The Hall–Kier alpha value is -3.34. The van der Waals surface area contributed by atoms with Gasteiger partial charge >= 0.3 is 25.7 Å². The maximum absolute atomic E-state index is 12.6. The topological polar surface area (TPSA) is 172 Å². The van der Waals surface area contributed by atoms with Crippen LogP contribution in [0.25, 0.3) is 0 Å². The van der Waals surface area contributed by atoms with Crippen molar-refractivity contribution in [3.05, 3.63) is 85.1 Å². The van der Waals surface area contributed by atoms with Gasteiger partial charge in [0.05, 0.1) is 13.2 Å². The summed E-state index contributed by atoms with van der Waals surface area (Å²) < 4.78 is 32.6. The Bertz CT molecular complexity index is 1300. The molecule has 0 saturated carbocycles. The largest absolute Gasteiger partial charge is 0.480 e. The van der Waals surface area contributed by atoms with Crippen LogP contribution in [0.1, 0.15) is 155 Å². The van der Waals surface area contributed by atoms with E-state index in [2.05, 4.69) is 91.3 Å². The summed E-state index contributed by atoms with van der Waals surface area (Å²) >= 11 is 0. The Balaban J connectivity index is 4.51. The molecule has 0 saturated heterocycles. The van der Waals surface area contributed by atoms with Crippen molar-refractivity contribution in [2.24, 2.45) is 5.73 Å². The van der Waals surface area contributed by atoms with Gasteiger partial charge in [0, 0.05) is 12.8 Å². The Labute approximate surface area is 350 Å². The molecule has 0 fully saturated rings. The number of phosphoric acid groups is 1. The summed E-state index contributed by atoms with van der Waals surface area (Å²) in [6, 6.07) is -1.54. The molecule has 0 rings (SSSR count). The van der Waals surface area contributed by atoms with Gasteiger partial charge in [-0.2, -0.15) is 0 Å². The van der Waals surface area contributed by atoms with Gasteiger partial charge in [0.15, 0.2) is 6.10 Å². The average molecular weight is 834 g/mol. The molecule has 58 heavy (non-hydrogen) atoms. The summed E-state index contributed by atoms with van der Waals surface area (Å²) in [7, 11) is -4.74. The predicted octanol–water partition coefficient (Wildman–Crippen LogP) is 11.5. The number of carboxylic acid groups (broad SMARTS) is 1. The first kappa shape index (κ1) is 54.7. The van der Waals surface area contributed by atoms with Crippen molar-refractivity contribution in [1.29, 1.82) is 0 Å². The van der Waals surface area contributed by atoms with Gasteiger partial charge in [-0.1, -0.05) is 150 Å². The Kier molecular flexibility index (Phi) is 38.1. The number of rotatable bonds is 39. The zero-order chi connectivity index (χ0) is 42.8. The maximum Gasteiger partial charge on any atom is 0.472 e. The van der Waals surface area contributed by atoms with E-state index in [4.69, 9.17) is 24.8 Å². The molecule has 1 unspecified atom stereocenters. The highest BCUT2D eigenvalue weighted by Crippen LogP contribution is 2.43.